The molecule has 2 atom stereocenters. The molecule has 222 valence electrons. The summed E-state index contributed by atoms with van der Waals surface area (Å²) in [4.78, 5) is 53.1. The van der Waals surface area contributed by atoms with E-state index in [1.54, 1.807) is 62.4 Å². The number of thioether (sulfide) groups is 1. The fraction of sp³-hybridized carbons (Fsp3) is 0.273. The number of anilines is 2. The normalized spacial score (nSPS) is 14.9. The molecule has 5 rings (SSSR count). The summed E-state index contributed by atoms with van der Waals surface area (Å²) in [6.45, 7) is 6.00. The first-order valence-corrected chi connectivity index (χ1v) is 15.8. The number of aromatic carboxylic acids is 1. The van der Waals surface area contributed by atoms with E-state index in [0.717, 1.165) is 34.6 Å². The molecule has 2 amide bonds. The van der Waals surface area contributed by atoms with Gasteiger partial charge in [0.25, 0.3) is 5.91 Å². The number of carboxylic acids is 1. The molecule has 0 radical (unpaired) electrons. The Kier molecular flexibility index (Phi) is 9.17. The van der Waals surface area contributed by atoms with Gasteiger partial charge in [-0.05, 0) is 80.3 Å². The van der Waals surface area contributed by atoms with Crippen molar-refractivity contribution < 1.29 is 29.0 Å². The summed E-state index contributed by atoms with van der Waals surface area (Å²) >= 11 is 2.78. The van der Waals surface area contributed by atoms with Crippen LogP contribution in [-0.4, -0.2) is 40.7 Å². The SMILES string of the molecule is CCOC(=O)c1c(NC(=O)C(C)Sc2cccc(NC(=O)c3cccc4cccc(C(=O)O)c34)c2)sc2c1CCC(C)C2. The van der Waals surface area contributed by atoms with Gasteiger partial charge in [0.1, 0.15) is 5.00 Å². The number of benzene rings is 3. The molecule has 43 heavy (non-hydrogen) atoms. The Morgan fingerprint density at radius 2 is 1.77 bits per heavy atom. The number of esters is 1. The van der Waals surface area contributed by atoms with E-state index in [-0.39, 0.29) is 23.6 Å². The maximum Gasteiger partial charge on any atom is 0.341 e. The first-order chi connectivity index (χ1) is 20.7. The highest BCUT2D eigenvalue weighted by Crippen LogP contribution is 2.40. The molecule has 4 aromatic rings. The van der Waals surface area contributed by atoms with Gasteiger partial charge < -0.3 is 20.5 Å². The van der Waals surface area contributed by atoms with Gasteiger partial charge in [-0.2, -0.15) is 0 Å². The second-order valence-corrected chi connectivity index (χ2v) is 13.0. The number of carboxylic acid groups (broad SMARTS) is 1. The van der Waals surface area contributed by atoms with Gasteiger partial charge in [0.2, 0.25) is 5.91 Å². The number of carbonyl (C=O) groups is 4. The van der Waals surface area contributed by atoms with Gasteiger partial charge in [0.15, 0.2) is 0 Å². The minimum Gasteiger partial charge on any atom is -0.478 e. The van der Waals surface area contributed by atoms with E-state index in [1.807, 2.05) is 6.07 Å². The van der Waals surface area contributed by atoms with E-state index in [4.69, 9.17) is 4.74 Å². The Balaban J connectivity index is 1.31. The number of hydrogen-bond donors (Lipinski definition) is 3. The Bertz CT molecular complexity index is 1720. The van der Waals surface area contributed by atoms with Crippen molar-refractivity contribution in [2.24, 2.45) is 5.92 Å². The van der Waals surface area contributed by atoms with Gasteiger partial charge in [-0.15, -0.1) is 23.1 Å². The molecular formula is C33H32N2O6S2. The van der Waals surface area contributed by atoms with Crippen LogP contribution in [-0.2, 0) is 22.4 Å². The highest BCUT2D eigenvalue weighted by molar-refractivity contribution is 8.00. The summed E-state index contributed by atoms with van der Waals surface area (Å²) in [5.74, 6) is -1.67. The van der Waals surface area contributed by atoms with Crippen LogP contribution in [0.2, 0.25) is 0 Å². The van der Waals surface area contributed by atoms with Gasteiger partial charge in [-0.25, -0.2) is 9.59 Å². The van der Waals surface area contributed by atoms with Crippen molar-refractivity contribution >= 4 is 68.3 Å². The number of hydrogen-bond acceptors (Lipinski definition) is 7. The van der Waals surface area contributed by atoms with E-state index < -0.39 is 23.1 Å². The molecule has 2 unspecified atom stereocenters. The van der Waals surface area contributed by atoms with Crippen LogP contribution in [0, 0.1) is 5.92 Å². The maximum absolute atomic E-state index is 13.3. The first kappa shape index (κ1) is 30.3. The largest absolute Gasteiger partial charge is 0.478 e. The van der Waals surface area contributed by atoms with Crippen LogP contribution in [0.4, 0.5) is 10.7 Å². The molecule has 1 aliphatic rings. The van der Waals surface area contributed by atoms with E-state index in [2.05, 4.69) is 17.6 Å². The maximum atomic E-state index is 13.3. The smallest absolute Gasteiger partial charge is 0.341 e. The molecule has 0 bridgehead atoms. The van der Waals surface area contributed by atoms with Crippen molar-refractivity contribution in [3.05, 3.63) is 87.8 Å². The number of carbonyl (C=O) groups excluding carboxylic acids is 3. The van der Waals surface area contributed by atoms with Crippen LogP contribution in [0.15, 0.2) is 65.6 Å². The third-order valence-electron chi connectivity index (χ3n) is 7.38. The third-order valence-corrected chi connectivity index (χ3v) is 9.65. The zero-order valence-electron chi connectivity index (χ0n) is 24.1. The Labute approximate surface area is 257 Å². The number of fused-ring (bicyclic) bond motifs is 2. The zero-order valence-corrected chi connectivity index (χ0v) is 25.7. The van der Waals surface area contributed by atoms with Crippen LogP contribution in [0.5, 0.6) is 0 Å². The monoisotopic (exact) mass is 616 g/mol. The predicted octanol–water partition coefficient (Wildman–Crippen LogP) is 7.27. The van der Waals surface area contributed by atoms with E-state index >= 15 is 0 Å². The molecule has 3 aromatic carbocycles. The minimum atomic E-state index is -1.11. The van der Waals surface area contributed by atoms with Gasteiger partial charge in [-0.3, -0.25) is 9.59 Å². The molecule has 1 heterocycles. The summed E-state index contributed by atoms with van der Waals surface area (Å²) in [6.07, 6.45) is 2.65. The van der Waals surface area contributed by atoms with Crippen molar-refractivity contribution in [1.29, 1.82) is 0 Å². The van der Waals surface area contributed by atoms with Gasteiger partial charge >= 0.3 is 11.9 Å². The lowest BCUT2D eigenvalue weighted by molar-refractivity contribution is -0.115. The van der Waals surface area contributed by atoms with Crippen LogP contribution in [0.25, 0.3) is 10.8 Å². The number of rotatable bonds is 9. The second kappa shape index (κ2) is 13.0. The topological polar surface area (TPSA) is 122 Å². The molecule has 1 aromatic heterocycles. The van der Waals surface area contributed by atoms with Crippen LogP contribution in [0.1, 0.15) is 68.7 Å². The molecule has 0 aliphatic heterocycles. The highest BCUT2D eigenvalue weighted by Gasteiger charge is 2.30. The van der Waals surface area contributed by atoms with Crippen molar-refractivity contribution in [3.63, 3.8) is 0 Å². The van der Waals surface area contributed by atoms with Gasteiger partial charge in [-0.1, -0.05) is 37.3 Å². The number of amides is 2. The van der Waals surface area contributed by atoms with Crippen molar-refractivity contribution in [1.82, 2.24) is 0 Å². The molecular weight excluding hydrogens is 585 g/mol. The predicted molar refractivity (Wildman–Crippen MR) is 171 cm³/mol. The van der Waals surface area contributed by atoms with E-state index in [9.17, 15) is 24.3 Å². The van der Waals surface area contributed by atoms with Crippen LogP contribution < -0.4 is 10.6 Å². The average molecular weight is 617 g/mol. The number of nitrogens with one attached hydrogen (secondary N) is 2. The first-order valence-electron chi connectivity index (χ1n) is 14.1. The van der Waals surface area contributed by atoms with Crippen molar-refractivity contribution in [2.45, 2.75) is 50.2 Å². The fourth-order valence-electron chi connectivity index (χ4n) is 5.28. The third kappa shape index (κ3) is 6.60. The molecule has 0 saturated carbocycles. The van der Waals surface area contributed by atoms with Gasteiger partial charge in [0, 0.05) is 26.4 Å². The summed E-state index contributed by atoms with van der Waals surface area (Å²) in [5.41, 5.74) is 2.29. The summed E-state index contributed by atoms with van der Waals surface area (Å²) in [7, 11) is 0. The Hall–Kier alpha value is -4.15. The quantitative estimate of drug-likeness (QED) is 0.134. The lowest BCUT2D eigenvalue weighted by atomic mass is 9.88. The van der Waals surface area contributed by atoms with E-state index in [0.29, 0.717) is 32.9 Å². The molecule has 0 saturated heterocycles. The molecule has 3 N–H and O–H groups in total. The molecule has 10 heteroatoms. The Morgan fingerprint density at radius 1 is 1.05 bits per heavy atom. The standard InChI is InChI=1S/C33H32N2O6S2/c1-4-41-33(40)28-23-15-14-18(2)16-26(23)43-31(28)35-29(36)19(3)42-22-11-7-10-21(17-22)34-30(37)24-12-5-8-20-9-6-13-25(27(20)24)32(38)39/h5-13,17-19H,4,14-16H2,1-3H3,(H,34,37)(H,35,36)(H,38,39). The molecule has 8 nitrogen and oxygen atoms in total. The highest BCUT2D eigenvalue weighted by atomic mass is 32.2. The number of ether oxygens (including phenoxy) is 1. The minimum absolute atomic E-state index is 0.0552. The fourth-order valence-corrected chi connectivity index (χ4v) is 7.61. The summed E-state index contributed by atoms with van der Waals surface area (Å²) < 4.78 is 5.32. The Morgan fingerprint density at radius 3 is 2.49 bits per heavy atom. The average Bonchev–Trinajstić information content (AvgIpc) is 3.33. The van der Waals surface area contributed by atoms with E-state index in [1.165, 1.54) is 29.2 Å². The lowest BCUT2D eigenvalue weighted by Crippen LogP contribution is -2.23. The molecule has 0 fully saturated rings. The molecule has 1 aliphatic carbocycles. The second-order valence-electron chi connectivity index (χ2n) is 10.5. The lowest BCUT2D eigenvalue weighted by Gasteiger charge is -2.18. The summed E-state index contributed by atoms with van der Waals surface area (Å²) in [6, 6.07) is 17.1. The van der Waals surface area contributed by atoms with Crippen molar-refractivity contribution in [2.75, 3.05) is 17.2 Å². The van der Waals surface area contributed by atoms with Crippen LogP contribution >= 0.6 is 23.1 Å². The van der Waals surface area contributed by atoms with Crippen molar-refractivity contribution in [3.8, 4) is 0 Å². The summed E-state index contributed by atoms with van der Waals surface area (Å²) in [5, 5.41) is 16.6. The van der Waals surface area contributed by atoms with Gasteiger partial charge in [0.05, 0.1) is 23.0 Å². The number of thiophene rings is 1. The zero-order chi connectivity index (χ0) is 30.7. The van der Waals surface area contributed by atoms with Crippen LogP contribution in [0.3, 0.4) is 0 Å². The molecule has 0 spiro atoms.